The maximum atomic E-state index is 13.2. The van der Waals surface area contributed by atoms with Crippen molar-refractivity contribution in [2.75, 3.05) is 39.6 Å². The van der Waals surface area contributed by atoms with E-state index in [-0.39, 0.29) is 25.7 Å². The van der Waals surface area contributed by atoms with Gasteiger partial charge in [0, 0.05) is 25.7 Å². The lowest BCUT2D eigenvalue weighted by Crippen LogP contribution is -2.30. The topological polar surface area (TPSA) is 237 Å². The first-order chi connectivity index (χ1) is 53.0. The Morgan fingerprint density at radius 3 is 0.624 bits per heavy atom. The minimum absolute atomic E-state index is 0.108. The van der Waals surface area contributed by atoms with E-state index in [1.165, 1.54) is 308 Å². The van der Waals surface area contributed by atoms with Gasteiger partial charge in [0.15, 0.2) is 12.2 Å². The molecule has 0 aliphatic heterocycles. The fourth-order valence-electron chi connectivity index (χ4n) is 14.2. The third-order valence-electron chi connectivity index (χ3n) is 21.3. The predicted octanol–water partition coefficient (Wildman–Crippen LogP) is 27.9. The summed E-state index contributed by atoms with van der Waals surface area (Å²) in [7, 11) is -9.93. The molecule has 0 spiro atoms. The highest BCUT2D eigenvalue weighted by molar-refractivity contribution is 7.47. The molecule has 2 unspecified atom stereocenters. The predicted molar refractivity (Wildman–Crippen MR) is 451 cm³/mol. The van der Waals surface area contributed by atoms with Gasteiger partial charge in [0.2, 0.25) is 0 Å². The lowest BCUT2D eigenvalue weighted by Gasteiger charge is -2.21. The number of phosphoric acid groups is 2. The van der Waals surface area contributed by atoms with Gasteiger partial charge in [-0.1, -0.05) is 439 Å². The van der Waals surface area contributed by atoms with Gasteiger partial charge >= 0.3 is 39.5 Å². The molecule has 0 aliphatic carbocycles. The second-order valence-electron chi connectivity index (χ2n) is 32.8. The zero-order chi connectivity index (χ0) is 79.7. The molecule has 109 heavy (non-hydrogen) atoms. The highest BCUT2D eigenvalue weighted by Gasteiger charge is 2.31. The summed E-state index contributed by atoms with van der Waals surface area (Å²) in [4.78, 5) is 73.3. The quantitative estimate of drug-likeness (QED) is 0.0222. The van der Waals surface area contributed by atoms with E-state index in [9.17, 15) is 43.2 Å². The first kappa shape index (κ1) is 107. The second-order valence-corrected chi connectivity index (χ2v) is 35.7. The van der Waals surface area contributed by atoms with Crippen LogP contribution in [-0.2, 0) is 65.4 Å². The molecule has 0 aromatic heterocycles. The van der Waals surface area contributed by atoms with Gasteiger partial charge in [-0.3, -0.25) is 37.3 Å². The molecule has 0 aromatic carbocycles. The fraction of sp³-hybridized carbons (Fsp3) is 0.956. The molecule has 3 N–H and O–H groups in total. The number of carbonyl (C=O) groups excluding carboxylic acids is 4. The van der Waals surface area contributed by atoms with Crippen molar-refractivity contribution in [3.8, 4) is 0 Å². The molecule has 0 radical (unpaired) electrons. The maximum absolute atomic E-state index is 13.2. The molecule has 0 aromatic rings. The Balaban J connectivity index is 5.19. The molecule has 0 saturated carbocycles. The third kappa shape index (κ3) is 83.8. The van der Waals surface area contributed by atoms with Crippen LogP contribution in [0.4, 0.5) is 0 Å². The number of aliphatic hydroxyl groups is 1. The van der Waals surface area contributed by atoms with E-state index < -0.39 is 97.5 Å². The minimum Gasteiger partial charge on any atom is -0.462 e. The van der Waals surface area contributed by atoms with E-state index in [1.807, 2.05) is 0 Å². The van der Waals surface area contributed by atoms with Gasteiger partial charge in [-0.05, 0) is 31.6 Å². The maximum Gasteiger partial charge on any atom is 0.472 e. The van der Waals surface area contributed by atoms with Crippen LogP contribution in [0.25, 0.3) is 0 Å². The summed E-state index contributed by atoms with van der Waals surface area (Å²) < 4.78 is 69.0. The van der Waals surface area contributed by atoms with Gasteiger partial charge < -0.3 is 33.8 Å². The molecule has 0 bridgehead atoms. The van der Waals surface area contributed by atoms with Crippen molar-refractivity contribution in [2.45, 2.75) is 509 Å². The summed E-state index contributed by atoms with van der Waals surface area (Å²) in [5, 5.41) is 10.7. The van der Waals surface area contributed by atoms with Gasteiger partial charge in [0.1, 0.15) is 19.3 Å². The number of rotatable bonds is 90. The number of hydrogen-bond acceptors (Lipinski definition) is 15. The molecule has 19 heteroatoms. The average molecular weight is 1590 g/mol. The van der Waals surface area contributed by atoms with E-state index in [0.29, 0.717) is 31.6 Å². The van der Waals surface area contributed by atoms with Crippen LogP contribution in [0.2, 0.25) is 0 Å². The molecule has 0 rings (SSSR count). The number of unbranched alkanes of at least 4 members (excludes halogenated alkanes) is 62. The molecule has 0 aliphatic rings. The van der Waals surface area contributed by atoms with Crippen LogP contribution in [0.1, 0.15) is 490 Å². The van der Waals surface area contributed by atoms with Gasteiger partial charge in [0.25, 0.3) is 0 Å². The second kappa shape index (κ2) is 82.6. The zero-order valence-electron chi connectivity index (χ0n) is 71.7. The van der Waals surface area contributed by atoms with Crippen LogP contribution >= 0.6 is 15.6 Å². The first-order valence-electron chi connectivity index (χ1n) is 46.6. The molecule has 5 atom stereocenters. The van der Waals surface area contributed by atoms with Crippen LogP contribution in [-0.4, -0.2) is 96.7 Å². The molecule has 17 nitrogen and oxygen atoms in total. The van der Waals surface area contributed by atoms with Crippen molar-refractivity contribution >= 4 is 39.5 Å². The first-order valence-corrected chi connectivity index (χ1v) is 49.6. The molecule has 0 heterocycles. The monoisotopic (exact) mass is 1590 g/mol. The number of esters is 4. The minimum atomic E-state index is -4.97. The van der Waals surface area contributed by atoms with Crippen LogP contribution in [0.3, 0.4) is 0 Å². The van der Waals surface area contributed by atoms with Gasteiger partial charge in [-0.2, -0.15) is 0 Å². The van der Waals surface area contributed by atoms with Gasteiger partial charge in [0.05, 0.1) is 26.4 Å². The number of phosphoric ester groups is 2. The summed E-state index contributed by atoms with van der Waals surface area (Å²) in [6, 6.07) is 0. The summed E-state index contributed by atoms with van der Waals surface area (Å²) in [5.41, 5.74) is 0. The Morgan fingerprint density at radius 2 is 0.422 bits per heavy atom. The van der Waals surface area contributed by atoms with Crippen LogP contribution in [0.15, 0.2) is 0 Å². The van der Waals surface area contributed by atoms with E-state index >= 15 is 0 Å². The number of aliphatic hydroxyl groups excluding tert-OH is 1. The average Bonchev–Trinajstić information content (AvgIpc) is 0.901. The summed E-state index contributed by atoms with van der Waals surface area (Å²) >= 11 is 0. The van der Waals surface area contributed by atoms with Crippen LogP contribution in [0, 0.1) is 5.92 Å². The van der Waals surface area contributed by atoms with Crippen molar-refractivity contribution in [3.05, 3.63) is 0 Å². The highest BCUT2D eigenvalue weighted by Crippen LogP contribution is 2.45. The molecule has 0 amide bonds. The van der Waals surface area contributed by atoms with Gasteiger partial charge in [-0.15, -0.1) is 0 Å². The number of carbonyl (C=O) groups is 4. The van der Waals surface area contributed by atoms with E-state index in [0.717, 1.165) is 96.3 Å². The van der Waals surface area contributed by atoms with Crippen molar-refractivity contribution in [3.63, 3.8) is 0 Å². The molecular weight excluding hydrogens is 1410 g/mol. The van der Waals surface area contributed by atoms with Gasteiger partial charge in [-0.25, -0.2) is 9.13 Å². The van der Waals surface area contributed by atoms with E-state index in [2.05, 4.69) is 34.6 Å². The normalized spacial score (nSPS) is 13.7. The number of ether oxygens (including phenoxy) is 4. The Labute approximate surface area is 670 Å². The molecule has 0 saturated heterocycles. The highest BCUT2D eigenvalue weighted by atomic mass is 31.2. The third-order valence-corrected chi connectivity index (χ3v) is 23.2. The summed E-state index contributed by atoms with van der Waals surface area (Å²) in [6.45, 7) is 7.30. The summed E-state index contributed by atoms with van der Waals surface area (Å²) in [5.74, 6) is -1.42. The Kier molecular flexibility index (Phi) is 81.1. The van der Waals surface area contributed by atoms with Crippen molar-refractivity contribution < 1.29 is 80.2 Å². The number of hydrogen-bond donors (Lipinski definition) is 3. The fourth-order valence-corrected chi connectivity index (χ4v) is 15.8. The van der Waals surface area contributed by atoms with Crippen LogP contribution in [0.5, 0.6) is 0 Å². The van der Waals surface area contributed by atoms with Crippen LogP contribution < -0.4 is 0 Å². The smallest absolute Gasteiger partial charge is 0.462 e. The van der Waals surface area contributed by atoms with Crippen molar-refractivity contribution in [1.29, 1.82) is 0 Å². The Bertz CT molecular complexity index is 2070. The Hall–Kier alpha value is -1.94. The Morgan fingerprint density at radius 1 is 0.248 bits per heavy atom. The van der Waals surface area contributed by atoms with E-state index in [1.54, 1.807) is 0 Å². The zero-order valence-corrected chi connectivity index (χ0v) is 73.5. The summed E-state index contributed by atoms with van der Waals surface area (Å²) in [6.07, 6.45) is 78.2. The molecular formula is C90H176O17P2. The lowest BCUT2D eigenvalue weighted by molar-refractivity contribution is -0.161. The molecule has 0 fully saturated rings. The van der Waals surface area contributed by atoms with E-state index in [4.69, 9.17) is 37.0 Å². The van der Waals surface area contributed by atoms with Crippen molar-refractivity contribution in [2.24, 2.45) is 5.92 Å². The SMILES string of the molecule is CCCCCCCCCCCCCCCCCCCCCCCCC(=O)O[C@H](COC(=O)CCCCCCCCCCCCCCCCCCCCCC)COP(=O)(O)OC[C@@H](O)COP(=O)(O)OC[C@@H](COC(=O)CCCCCCCCC(C)C)OC(=O)CCCCCCCCCCCCCCCCCCCC. The van der Waals surface area contributed by atoms with Crippen molar-refractivity contribution in [1.82, 2.24) is 0 Å². The lowest BCUT2D eigenvalue weighted by atomic mass is 10.0. The standard InChI is InChI=1S/C90H176O17P2/c1-6-9-12-15-18-21-24-27-30-33-36-38-39-41-44-47-50-53-56-59-66-70-75-89(94)106-85(79-100-87(92)73-68-63-57-54-51-48-45-43-40-37-34-31-28-25-22-19-16-13-10-7-2)81-104-108(96,97)102-77-84(91)78-103-109(98,99)105-82-86(80-101-88(93)74-69-64-61-60-62-67-72-83(4)5)107-90(95)76-71-65-58-55-52-49-46-42-35-32-29-26-23-20-17-14-11-8-3/h83-86,91H,6-82H2,1-5H3,(H,96,97)(H,98,99)/t84-,85-,86-/m1/s1. The molecule has 648 valence electrons. The largest absolute Gasteiger partial charge is 0.472 e.